The van der Waals surface area contributed by atoms with Crippen molar-refractivity contribution >= 4 is 34.7 Å². The molecule has 0 bridgehead atoms. The van der Waals surface area contributed by atoms with E-state index in [0.717, 1.165) is 0 Å². The Bertz CT molecular complexity index is 1050. The maximum atomic E-state index is 14.5. The molecule has 0 fully saturated rings. The van der Waals surface area contributed by atoms with Crippen molar-refractivity contribution in [1.82, 2.24) is 0 Å². The quantitative estimate of drug-likeness (QED) is 0.544. The Labute approximate surface area is 171 Å². The summed E-state index contributed by atoms with van der Waals surface area (Å²) < 4.78 is 56.8. The normalized spacial score (nSPS) is 14.6. The van der Waals surface area contributed by atoms with Crippen LogP contribution in [0.4, 0.5) is 8.78 Å². The number of hydrogen-bond acceptors (Lipinski definition) is 4. The highest BCUT2D eigenvalue weighted by Gasteiger charge is 2.48. The Balaban J connectivity index is 2.03. The average Bonchev–Trinajstić information content (AvgIpc) is 3.07. The summed E-state index contributed by atoms with van der Waals surface area (Å²) in [6.45, 7) is 1.88. The lowest BCUT2D eigenvalue weighted by molar-refractivity contribution is -0.287. The maximum absolute atomic E-state index is 14.5. The van der Waals surface area contributed by atoms with Crippen molar-refractivity contribution in [2.45, 2.75) is 13.2 Å². The van der Waals surface area contributed by atoms with Crippen LogP contribution in [0, 0.1) is 0 Å². The molecule has 1 aliphatic heterocycles. The minimum atomic E-state index is -3.89. The third-order valence-corrected chi connectivity index (χ3v) is 8.03. The number of ether oxygens (including phenoxy) is 3. The van der Waals surface area contributed by atoms with Gasteiger partial charge in [-0.25, -0.2) is 0 Å². The molecular weight excluding hydrogens is 421 g/mol. The monoisotopic (exact) mass is 436 g/mol. The van der Waals surface area contributed by atoms with Crippen molar-refractivity contribution < 1.29 is 27.6 Å². The summed E-state index contributed by atoms with van der Waals surface area (Å²) in [4.78, 5) is 0. The van der Waals surface area contributed by atoms with E-state index in [1.807, 2.05) is 0 Å². The van der Waals surface area contributed by atoms with E-state index in [4.69, 9.17) is 16.3 Å². The van der Waals surface area contributed by atoms with Gasteiger partial charge >= 0.3 is 6.29 Å². The fourth-order valence-corrected chi connectivity index (χ4v) is 6.47. The zero-order chi connectivity index (χ0) is 20.6. The Hall–Kier alpha value is -2.56. The predicted molar refractivity (Wildman–Crippen MR) is 108 cm³/mol. The molecule has 0 spiro atoms. The Kier molecular flexibility index (Phi) is 5.01. The molecule has 0 radical (unpaired) electrons. The number of halogens is 3. The van der Waals surface area contributed by atoms with Gasteiger partial charge in [0.15, 0.2) is 18.6 Å². The van der Waals surface area contributed by atoms with E-state index in [9.17, 15) is 13.3 Å². The van der Waals surface area contributed by atoms with Gasteiger partial charge in [-0.05, 0) is 13.0 Å². The number of benzene rings is 3. The second kappa shape index (κ2) is 7.36. The summed E-state index contributed by atoms with van der Waals surface area (Å²) in [5.74, 6) is -0.700. The minimum absolute atomic E-state index is 0.00818. The number of fused-ring (bicyclic) bond motifs is 1. The lowest BCUT2D eigenvalue weighted by Gasteiger charge is -2.22. The molecule has 29 heavy (non-hydrogen) atoms. The first-order chi connectivity index (χ1) is 13.9. The molecule has 4 nitrogen and oxygen atoms in total. The fraction of sp³-hybridized carbons (Fsp3) is 0.143. The Morgan fingerprint density at radius 3 is 2.00 bits per heavy atom. The Morgan fingerprint density at radius 2 is 1.48 bits per heavy atom. The van der Waals surface area contributed by atoms with Crippen LogP contribution < -0.4 is 30.1 Å². The van der Waals surface area contributed by atoms with Gasteiger partial charge in [0.1, 0.15) is 0 Å². The van der Waals surface area contributed by atoms with E-state index in [1.54, 1.807) is 67.6 Å². The van der Waals surface area contributed by atoms with Crippen LogP contribution in [0.5, 0.6) is 17.2 Å². The van der Waals surface area contributed by atoms with Gasteiger partial charge < -0.3 is 18.8 Å². The molecule has 1 aliphatic rings. The van der Waals surface area contributed by atoms with Crippen LogP contribution in [0.15, 0.2) is 66.7 Å². The maximum Gasteiger partial charge on any atom is 0.586 e. The van der Waals surface area contributed by atoms with Gasteiger partial charge in [0.25, 0.3) is 0 Å². The van der Waals surface area contributed by atoms with Crippen LogP contribution in [0.2, 0.25) is 5.02 Å². The molecule has 0 aromatic heterocycles. The van der Waals surface area contributed by atoms with Gasteiger partial charge in [-0.2, -0.15) is 0 Å². The highest BCUT2D eigenvalue weighted by Crippen LogP contribution is 2.55. The van der Waals surface area contributed by atoms with Crippen LogP contribution in [0.1, 0.15) is 6.92 Å². The zero-order valence-corrected chi connectivity index (χ0v) is 16.9. The van der Waals surface area contributed by atoms with Gasteiger partial charge in [0.05, 0.1) is 11.6 Å². The molecule has 3 aromatic rings. The van der Waals surface area contributed by atoms with Gasteiger partial charge in [-0.1, -0.05) is 72.3 Å². The third-order valence-electron chi connectivity index (χ3n) is 4.44. The first-order valence-corrected chi connectivity index (χ1v) is 10.9. The van der Waals surface area contributed by atoms with Crippen LogP contribution in [-0.4, -0.2) is 12.9 Å². The van der Waals surface area contributed by atoms with E-state index in [1.165, 1.54) is 6.07 Å². The molecule has 8 heteroatoms. The lowest BCUT2D eigenvalue weighted by Crippen LogP contribution is -2.27. The van der Waals surface area contributed by atoms with Gasteiger partial charge in [-0.15, -0.1) is 8.78 Å². The van der Waals surface area contributed by atoms with Crippen molar-refractivity contribution in [1.29, 1.82) is 0 Å². The number of alkyl halides is 2. The lowest BCUT2D eigenvalue weighted by atomic mass is 10.3. The molecule has 4 rings (SSSR count). The first-order valence-electron chi connectivity index (χ1n) is 8.84. The molecule has 0 aliphatic carbocycles. The summed E-state index contributed by atoms with van der Waals surface area (Å²) in [5.41, 5.74) is 0. The molecule has 0 saturated carbocycles. The molecule has 3 aromatic carbocycles. The molecular formula is C21H16ClF2O4P. The van der Waals surface area contributed by atoms with E-state index < -0.39 is 13.4 Å². The summed E-state index contributed by atoms with van der Waals surface area (Å²) in [6, 6.07) is 18.9. The summed E-state index contributed by atoms with van der Waals surface area (Å²) in [6.07, 6.45) is -3.89. The van der Waals surface area contributed by atoms with Gasteiger partial charge in [0.2, 0.25) is 5.75 Å². The first kappa shape index (κ1) is 19.7. The standard InChI is InChI=1S/C21H16ClF2O4P/c1-2-26-16-13-17(18(22)20-19(16)27-21(23,24)28-20)29(25,14-9-5-3-6-10-14)15-11-7-4-8-12-15/h3-13H,2H2,1H3. The molecule has 150 valence electrons. The van der Waals surface area contributed by atoms with Crippen LogP contribution >= 0.6 is 18.7 Å². The highest BCUT2D eigenvalue weighted by atomic mass is 35.5. The van der Waals surface area contributed by atoms with E-state index in [-0.39, 0.29) is 34.2 Å². The topological polar surface area (TPSA) is 44.8 Å². The van der Waals surface area contributed by atoms with E-state index in [2.05, 4.69) is 9.47 Å². The highest BCUT2D eigenvalue weighted by molar-refractivity contribution is 7.85. The predicted octanol–water partition coefficient (Wildman–Crippen LogP) is 4.70. The van der Waals surface area contributed by atoms with Gasteiger partial charge in [0, 0.05) is 15.9 Å². The molecule has 0 atom stereocenters. The Morgan fingerprint density at radius 1 is 0.966 bits per heavy atom. The molecule has 0 unspecified atom stereocenters. The average molecular weight is 437 g/mol. The summed E-state index contributed by atoms with van der Waals surface area (Å²) in [7, 11) is -3.53. The summed E-state index contributed by atoms with van der Waals surface area (Å²) >= 11 is 6.47. The zero-order valence-electron chi connectivity index (χ0n) is 15.3. The third kappa shape index (κ3) is 3.37. The van der Waals surface area contributed by atoms with Crippen molar-refractivity contribution in [2.24, 2.45) is 0 Å². The second-order valence-corrected chi connectivity index (χ2v) is 9.36. The molecule has 0 saturated heterocycles. The minimum Gasteiger partial charge on any atom is -0.490 e. The van der Waals surface area contributed by atoms with Crippen LogP contribution in [0.25, 0.3) is 0 Å². The van der Waals surface area contributed by atoms with Crippen molar-refractivity contribution in [3.63, 3.8) is 0 Å². The SMILES string of the molecule is CCOc1cc(P(=O)(c2ccccc2)c2ccccc2)c(Cl)c2c1OC(F)(F)O2. The smallest absolute Gasteiger partial charge is 0.490 e. The number of rotatable bonds is 5. The fourth-order valence-electron chi connectivity index (χ4n) is 3.22. The molecule has 0 N–H and O–H groups in total. The number of hydrogen-bond donors (Lipinski definition) is 0. The molecule has 1 heterocycles. The van der Waals surface area contributed by atoms with Crippen LogP contribution in [0.3, 0.4) is 0 Å². The second-order valence-electron chi connectivity index (χ2n) is 6.25. The van der Waals surface area contributed by atoms with Gasteiger partial charge in [-0.3, -0.25) is 0 Å². The summed E-state index contributed by atoms with van der Waals surface area (Å²) in [5, 5.41) is 0.944. The van der Waals surface area contributed by atoms with Crippen molar-refractivity contribution in [3.8, 4) is 17.2 Å². The van der Waals surface area contributed by atoms with Crippen LogP contribution in [-0.2, 0) is 4.57 Å². The van der Waals surface area contributed by atoms with Crippen molar-refractivity contribution in [3.05, 3.63) is 71.8 Å². The van der Waals surface area contributed by atoms with Crippen molar-refractivity contribution in [2.75, 3.05) is 6.61 Å². The van der Waals surface area contributed by atoms with E-state index in [0.29, 0.717) is 10.6 Å². The van der Waals surface area contributed by atoms with E-state index >= 15 is 0 Å². The molecule has 0 amide bonds. The largest absolute Gasteiger partial charge is 0.586 e.